The highest BCUT2D eigenvalue weighted by molar-refractivity contribution is 5.83. The van der Waals surface area contributed by atoms with E-state index in [4.69, 9.17) is 6.42 Å². The Balaban J connectivity index is 2.74. The summed E-state index contributed by atoms with van der Waals surface area (Å²) in [5.41, 5.74) is 0.695. The number of hydrogen-bond acceptors (Lipinski definition) is 3. The Labute approximate surface area is 123 Å². The molecule has 1 atom stereocenters. The van der Waals surface area contributed by atoms with Crippen LogP contribution in [0.1, 0.15) is 12.5 Å². The molecule has 1 aromatic carbocycles. The summed E-state index contributed by atoms with van der Waals surface area (Å²) in [7, 11) is 0. The van der Waals surface area contributed by atoms with Gasteiger partial charge in [-0.1, -0.05) is 18.1 Å². The molecule has 0 saturated heterocycles. The van der Waals surface area contributed by atoms with Crippen LogP contribution in [0, 0.1) is 12.3 Å². The van der Waals surface area contributed by atoms with Crippen LogP contribution in [0.3, 0.4) is 0 Å². The summed E-state index contributed by atoms with van der Waals surface area (Å²) in [4.78, 5) is 24.5. The number of carboxylic acid groups (broad SMARTS) is 1. The lowest BCUT2D eigenvalue weighted by atomic mass is 10.1. The maximum absolute atomic E-state index is 11.9. The van der Waals surface area contributed by atoms with Crippen LogP contribution in [0.25, 0.3) is 0 Å². The van der Waals surface area contributed by atoms with Gasteiger partial charge >= 0.3 is 12.0 Å². The van der Waals surface area contributed by atoms with Gasteiger partial charge in [0.2, 0.25) is 0 Å². The minimum absolute atomic E-state index is 0.0980. The van der Waals surface area contributed by atoms with Gasteiger partial charge in [-0.3, -0.25) is 0 Å². The van der Waals surface area contributed by atoms with Crippen molar-refractivity contribution in [1.82, 2.24) is 10.2 Å². The third-order valence-electron chi connectivity index (χ3n) is 2.92. The lowest BCUT2D eigenvalue weighted by Gasteiger charge is -2.22. The van der Waals surface area contributed by atoms with E-state index in [2.05, 4.69) is 11.2 Å². The molecular weight excluding hydrogens is 272 g/mol. The Bertz CT molecular complexity index is 534. The maximum atomic E-state index is 11.9. The Morgan fingerprint density at radius 3 is 2.48 bits per heavy atom. The zero-order valence-electron chi connectivity index (χ0n) is 11.7. The number of amides is 2. The molecule has 0 bridgehead atoms. The number of carbonyl (C=O) groups is 2. The second-order valence-corrected chi connectivity index (χ2v) is 4.43. The van der Waals surface area contributed by atoms with Crippen molar-refractivity contribution in [2.75, 3.05) is 13.1 Å². The lowest BCUT2D eigenvalue weighted by Crippen LogP contribution is -2.49. The van der Waals surface area contributed by atoms with Crippen molar-refractivity contribution in [3.63, 3.8) is 0 Å². The number of carboxylic acids is 1. The zero-order valence-corrected chi connectivity index (χ0v) is 11.7. The standard InChI is InChI=1S/C15H18N2O4/c1-3-9-17(4-2)15(21)16-13(14(19)20)10-11-5-7-12(18)8-6-11/h1,5-8,13,18H,4,9-10H2,2H3,(H,16,21)(H,19,20)/t13-/m1/s1. The largest absolute Gasteiger partial charge is 0.508 e. The number of terminal acetylenes is 1. The van der Waals surface area contributed by atoms with Gasteiger partial charge in [0.1, 0.15) is 11.8 Å². The number of urea groups is 1. The molecule has 0 aliphatic heterocycles. The molecule has 6 nitrogen and oxygen atoms in total. The van der Waals surface area contributed by atoms with Crippen molar-refractivity contribution in [3.8, 4) is 18.1 Å². The van der Waals surface area contributed by atoms with Gasteiger partial charge in [-0.25, -0.2) is 9.59 Å². The Hall–Kier alpha value is -2.68. The van der Waals surface area contributed by atoms with Crippen LogP contribution in [0.5, 0.6) is 5.75 Å². The first-order chi connectivity index (χ1) is 9.97. The first-order valence-corrected chi connectivity index (χ1v) is 6.47. The number of benzene rings is 1. The van der Waals surface area contributed by atoms with Gasteiger partial charge in [0.25, 0.3) is 0 Å². The van der Waals surface area contributed by atoms with Gasteiger partial charge in [0, 0.05) is 13.0 Å². The van der Waals surface area contributed by atoms with E-state index in [1.54, 1.807) is 19.1 Å². The molecule has 6 heteroatoms. The van der Waals surface area contributed by atoms with E-state index in [0.29, 0.717) is 12.1 Å². The van der Waals surface area contributed by atoms with Crippen LogP contribution < -0.4 is 5.32 Å². The summed E-state index contributed by atoms with van der Waals surface area (Å²) in [6, 6.07) is 4.57. The Kier molecular flexibility index (Phi) is 6.08. The predicted octanol–water partition coefficient (Wildman–Crippen LogP) is 1.05. The molecule has 0 heterocycles. The monoisotopic (exact) mass is 290 g/mol. The lowest BCUT2D eigenvalue weighted by molar-refractivity contribution is -0.139. The second-order valence-electron chi connectivity index (χ2n) is 4.43. The topological polar surface area (TPSA) is 89.9 Å². The highest BCUT2D eigenvalue weighted by Crippen LogP contribution is 2.11. The minimum Gasteiger partial charge on any atom is -0.508 e. The van der Waals surface area contributed by atoms with Crippen LogP contribution in [0.15, 0.2) is 24.3 Å². The molecule has 0 aliphatic rings. The van der Waals surface area contributed by atoms with Crippen LogP contribution in [-0.4, -0.2) is 46.2 Å². The number of hydrogen-bond donors (Lipinski definition) is 3. The molecule has 0 saturated carbocycles. The van der Waals surface area contributed by atoms with Crippen molar-refractivity contribution in [2.45, 2.75) is 19.4 Å². The van der Waals surface area contributed by atoms with Crippen molar-refractivity contribution >= 4 is 12.0 Å². The fraction of sp³-hybridized carbons (Fsp3) is 0.333. The van der Waals surface area contributed by atoms with Crippen LogP contribution in [-0.2, 0) is 11.2 Å². The summed E-state index contributed by atoms with van der Waals surface area (Å²) in [5, 5.41) is 20.8. The predicted molar refractivity (Wildman–Crippen MR) is 77.8 cm³/mol. The molecule has 0 fully saturated rings. The summed E-state index contributed by atoms with van der Waals surface area (Å²) < 4.78 is 0. The average Bonchev–Trinajstić information content (AvgIpc) is 2.45. The van der Waals surface area contributed by atoms with Crippen molar-refractivity contribution in [2.24, 2.45) is 0 Å². The summed E-state index contributed by atoms with van der Waals surface area (Å²) in [5.74, 6) is 1.31. The quantitative estimate of drug-likeness (QED) is 0.683. The molecule has 3 N–H and O–H groups in total. The molecule has 1 rings (SSSR count). The third-order valence-corrected chi connectivity index (χ3v) is 2.92. The SMILES string of the molecule is C#CCN(CC)C(=O)N[C@H](Cc1ccc(O)cc1)C(=O)O. The number of phenolic OH excluding ortho intramolecular Hbond substituents is 1. The molecule has 0 aromatic heterocycles. The molecule has 2 amide bonds. The first kappa shape index (κ1) is 16.4. The van der Waals surface area contributed by atoms with Gasteiger partial charge in [0.05, 0.1) is 6.54 Å². The second kappa shape index (κ2) is 7.80. The minimum atomic E-state index is -1.13. The van der Waals surface area contributed by atoms with Crippen molar-refractivity contribution < 1.29 is 19.8 Å². The van der Waals surface area contributed by atoms with E-state index in [9.17, 15) is 19.8 Å². The van der Waals surface area contributed by atoms with E-state index < -0.39 is 18.0 Å². The molecule has 0 unspecified atom stereocenters. The first-order valence-electron chi connectivity index (χ1n) is 6.47. The zero-order chi connectivity index (χ0) is 15.8. The maximum Gasteiger partial charge on any atom is 0.326 e. The number of rotatable bonds is 6. The number of carbonyl (C=O) groups excluding carboxylic acids is 1. The summed E-state index contributed by atoms with van der Waals surface area (Å²) in [6.45, 7) is 2.27. The number of nitrogens with one attached hydrogen (secondary N) is 1. The van der Waals surface area contributed by atoms with Gasteiger partial charge in [0.15, 0.2) is 0 Å². The molecule has 21 heavy (non-hydrogen) atoms. The van der Waals surface area contributed by atoms with E-state index in [1.165, 1.54) is 17.0 Å². The summed E-state index contributed by atoms with van der Waals surface area (Å²) in [6.07, 6.45) is 5.28. The third kappa shape index (κ3) is 5.07. The average molecular weight is 290 g/mol. The highest BCUT2D eigenvalue weighted by Gasteiger charge is 2.22. The molecule has 0 aliphatic carbocycles. The van der Waals surface area contributed by atoms with Gasteiger partial charge in [-0.05, 0) is 24.6 Å². The van der Waals surface area contributed by atoms with E-state index in [-0.39, 0.29) is 18.7 Å². The number of aromatic hydroxyl groups is 1. The highest BCUT2D eigenvalue weighted by atomic mass is 16.4. The molecule has 0 radical (unpaired) electrons. The number of aliphatic carboxylic acids is 1. The fourth-order valence-corrected chi connectivity index (χ4v) is 1.75. The Morgan fingerprint density at radius 2 is 2.00 bits per heavy atom. The van der Waals surface area contributed by atoms with Gasteiger partial charge in [-0.15, -0.1) is 6.42 Å². The molecule has 112 valence electrons. The smallest absolute Gasteiger partial charge is 0.326 e. The fourth-order valence-electron chi connectivity index (χ4n) is 1.75. The molecule has 0 spiro atoms. The van der Waals surface area contributed by atoms with Crippen LogP contribution in [0.4, 0.5) is 4.79 Å². The number of phenols is 1. The Morgan fingerprint density at radius 1 is 1.38 bits per heavy atom. The van der Waals surface area contributed by atoms with Crippen LogP contribution >= 0.6 is 0 Å². The van der Waals surface area contributed by atoms with E-state index in [1.807, 2.05) is 0 Å². The van der Waals surface area contributed by atoms with Gasteiger partial charge < -0.3 is 20.4 Å². The number of nitrogens with zero attached hydrogens (tertiary/aromatic N) is 1. The molecular formula is C15H18N2O4. The van der Waals surface area contributed by atoms with E-state index in [0.717, 1.165) is 0 Å². The van der Waals surface area contributed by atoms with Crippen molar-refractivity contribution in [3.05, 3.63) is 29.8 Å². The van der Waals surface area contributed by atoms with Gasteiger partial charge in [-0.2, -0.15) is 0 Å². The van der Waals surface area contributed by atoms with Crippen molar-refractivity contribution in [1.29, 1.82) is 0 Å². The summed E-state index contributed by atoms with van der Waals surface area (Å²) >= 11 is 0. The normalized spacial score (nSPS) is 11.2. The van der Waals surface area contributed by atoms with Crippen LogP contribution in [0.2, 0.25) is 0 Å². The van der Waals surface area contributed by atoms with E-state index >= 15 is 0 Å². The molecule has 1 aromatic rings.